The van der Waals surface area contributed by atoms with Crippen molar-refractivity contribution in [3.8, 4) is 11.5 Å². The minimum atomic E-state index is -0.746. The summed E-state index contributed by atoms with van der Waals surface area (Å²) in [5, 5.41) is 19.6. The Kier molecular flexibility index (Phi) is 3.94. The third kappa shape index (κ3) is 2.40. The first-order valence-electron chi connectivity index (χ1n) is 4.86. The quantitative estimate of drug-likeness (QED) is 0.697. The maximum atomic E-state index is 9.84. The molecule has 1 atom stereocenters. The number of benzene rings is 1. The molecule has 0 bridgehead atoms. The van der Waals surface area contributed by atoms with Gasteiger partial charge in [0.25, 0.3) is 0 Å². The van der Waals surface area contributed by atoms with Crippen LogP contribution in [-0.2, 0) is 0 Å². The number of aliphatic hydroxyl groups is 1. The molecule has 0 aliphatic rings. The molecule has 84 valence electrons. The number of ether oxygens (including phenoxy) is 1. The highest BCUT2D eigenvalue weighted by molar-refractivity contribution is 5.51. The smallest absolute Gasteiger partial charge is 0.163 e. The maximum absolute atomic E-state index is 9.84. The Morgan fingerprint density at radius 1 is 1.47 bits per heavy atom. The molecule has 15 heavy (non-hydrogen) atoms. The van der Waals surface area contributed by atoms with Gasteiger partial charge in [0.2, 0.25) is 0 Å². The van der Waals surface area contributed by atoms with Crippen molar-refractivity contribution in [1.82, 2.24) is 0 Å². The van der Waals surface area contributed by atoms with E-state index in [1.807, 2.05) is 6.92 Å². The number of phenolic OH excluding ortho intramolecular Hbond substituents is 1. The van der Waals surface area contributed by atoms with Gasteiger partial charge in [0.05, 0.1) is 13.2 Å². The second-order valence-corrected chi connectivity index (χ2v) is 3.45. The zero-order valence-corrected chi connectivity index (χ0v) is 9.03. The monoisotopic (exact) mass is 211 g/mol. The van der Waals surface area contributed by atoms with Crippen molar-refractivity contribution in [1.29, 1.82) is 0 Å². The molecule has 0 fully saturated rings. The summed E-state index contributed by atoms with van der Waals surface area (Å²) in [5.74, 6) is 0.405. The number of hydrogen-bond donors (Lipinski definition) is 3. The molecule has 4 N–H and O–H groups in total. The average molecular weight is 211 g/mol. The van der Waals surface area contributed by atoms with Crippen molar-refractivity contribution >= 4 is 0 Å². The molecule has 0 aliphatic carbocycles. The Hall–Kier alpha value is -1.26. The number of aromatic hydroxyl groups is 1. The first-order valence-corrected chi connectivity index (χ1v) is 4.86. The van der Waals surface area contributed by atoms with Gasteiger partial charge in [-0.05, 0) is 25.5 Å². The maximum Gasteiger partial charge on any atom is 0.163 e. The second-order valence-electron chi connectivity index (χ2n) is 3.45. The molecule has 0 heterocycles. The topological polar surface area (TPSA) is 75.7 Å². The van der Waals surface area contributed by atoms with Crippen LogP contribution in [0.15, 0.2) is 12.1 Å². The van der Waals surface area contributed by atoms with Crippen molar-refractivity contribution in [3.05, 3.63) is 23.3 Å². The fourth-order valence-electron chi connectivity index (χ4n) is 1.53. The molecule has 0 spiro atoms. The summed E-state index contributed by atoms with van der Waals surface area (Å²) >= 11 is 0. The lowest BCUT2D eigenvalue weighted by molar-refractivity contribution is 0.165. The van der Waals surface area contributed by atoms with Gasteiger partial charge in [-0.2, -0.15) is 0 Å². The molecule has 4 heteroatoms. The molecular weight excluding hydrogens is 194 g/mol. The summed E-state index contributed by atoms with van der Waals surface area (Å²) in [6.07, 6.45) is -0.329. The van der Waals surface area contributed by atoms with E-state index in [0.717, 1.165) is 5.56 Å². The summed E-state index contributed by atoms with van der Waals surface area (Å²) in [6.45, 7) is 2.20. The van der Waals surface area contributed by atoms with Gasteiger partial charge in [-0.15, -0.1) is 0 Å². The SMILES string of the molecule is COc1c(C)ccc(C(O)CCN)c1O. The highest BCUT2D eigenvalue weighted by Crippen LogP contribution is 2.37. The zero-order valence-electron chi connectivity index (χ0n) is 9.03. The molecule has 0 aliphatic heterocycles. The van der Waals surface area contributed by atoms with Crippen molar-refractivity contribution < 1.29 is 14.9 Å². The van der Waals surface area contributed by atoms with Crippen LogP contribution in [0.25, 0.3) is 0 Å². The molecule has 1 unspecified atom stereocenters. The summed E-state index contributed by atoms with van der Waals surface area (Å²) in [5.41, 5.74) is 6.64. The summed E-state index contributed by atoms with van der Waals surface area (Å²) in [7, 11) is 1.49. The van der Waals surface area contributed by atoms with Gasteiger partial charge in [0.1, 0.15) is 0 Å². The van der Waals surface area contributed by atoms with Crippen LogP contribution in [-0.4, -0.2) is 23.9 Å². The molecule has 4 nitrogen and oxygen atoms in total. The van der Waals surface area contributed by atoms with E-state index in [-0.39, 0.29) is 5.75 Å². The van der Waals surface area contributed by atoms with Gasteiger partial charge in [-0.3, -0.25) is 0 Å². The van der Waals surface area contributed by atoms with Gasteiger partial charge in [-0.1, -0.05) is 12.1 Å². The first-order chi connectivity index (χ1) is 7.11. The number of hydrogen-bond acceptors (Lipinski definition) is 4. The van der Waals surface area contributed by atoms with Crippen LogP contribution in [0.4, 0.5) is 0 Å². The standard InChI is InChI=1S/C11H17NO3/c1-7-3-4-8(9(13)5-6-12)10(14)11(7)15-2/h3-4,9,13-14H,5-6,12H2,1-2H3. The largest absolute Gasteiger partial charge is 0.504 e. The minimum absolute atomic E-state index is 0.00144. The molecule has 0 amide bonds. The van der Waals surface area contributed by atoms with E-state index in [9.17, 15) is 10.2 Å². The van der Waals surface area contributed by atoms with Gasteiger partial charge < -0.3 is 20.7 Å². The highest BCUT2D eigenvalue weighted by atomic mass is 16.5. The third-order valence-corrected chi connectivity index (χ3v) is 2.36. The van der Waals surface area contributed by atoms with Gasteiger partial charge in [0, 0.05) is 5.56 Å². The predicted octanol–water partition coefficient (Wildman–Crippen LogP) is 1.09. The van der Waals surface area contributed by atoms with Crippen LogP contribution < -0.4 is 10.5 Å². The normalized spacial score (nSPS) is 12.5. The highest BCUT2D eigenvalue weighted by Gasteiger charge is 2.16. The Morgan fingerprint density at radius 2 is 2.13 bits per heavy atom. The molecule has 0 radical (unpaired) electrons. The predicted molar refractivity (Wildman–Crippen MR) is 58.0 cm³/mol. The Bertz CT molecular complexity index is 339. The lowest BCUT2D eigenvalue weighted by Gasteiger charge is -2.15. The van der Waals surface area contributed by atoms with Crippen LogP contribution in [0.3, 0.4) is 0 Å². The van der Waals surface area contributed by atoms with E-state index < -0.39 is 6.10 Å². The van der Waals surface area contributed by atoms with Crippen molar-refractivity contribution in [2.45, 2.75) is 19.4 Å². The van der Waals surface area contributed by atoms with Crippen molar-refractivity contribution in [3.63, 3.8) is 0 Å². The molecule has 1 aromatic carbocycles. The second kappa shape index (κ2) is 5.00. The fraction of sp³-hybridized carbons (Fsp3) is 0.455. The molecule has 0 saturated heterocycles. The Morgan fingerprint density at radius 3 is 2.67 bits per heavy atom. The van der Waals surface area contributed by atoms with Gasteiger partial charge >= 0.3 is 0 Å². The van der Waals surface area contributed by atoms with E-state index in [0.29, 0.717) is 24.3 Å². The van der Waals surface area contributed by atoms with Crippen LogP contribution in [0, 0.1) is 6.92 Å². The van der Waals surface area contributed by atoms with Crippen LogP contribution in [0.5, 0.6) is 11.5 Å². The fourth-order valence-corrected chi connectivity index (χ4v) is 1.53. The van der Waals surface area contributed by atoms with Crippen molar-refractivity contribution in [2.24, 2.45) is 5.73 Å². The molecular formula is C11H17NO3. The number of nitrogens with two attached hydrogens (primary N) is 1. The number of aliphatic hydroxyl groups excluding tert-OH is 1. The molecule has 0 saturated carbocycles. The summed E-state index contributed by atoms with van der Waals surface area (Å²) < 4.78 is 5.05. The summed E-state index contributed by atoms with van der Waals surface area (Å²) in [4.78, 5) is 0. The third-order valence-electron chi connectivity index (χ3n) is 2.36. The van der Waals surface area contributed by atoms with Crippen LogP contribution >= 0.6 is 0 Å². The van der Waals surface area contributed by atoms with E-state index in [1.54, 1.807) is 12.1 Å². The molecule has 0 aromatic heterocycles. The lowest BCUT2D eigenvalue weighted by Crippen LogP contribution is -2.07. The molecule has 1 aromatic rings. The van der Waals surface area contributed by atoms with E-state index in [2.05, 4.69) is 0 Å². The van der Waals surface area contributed by atoms with Crippen molar-refractivity contribution in [2.75, 3.05) is 13.7 Å². The van der Waals surface area contributed by atoms with E-state index >= 15 is 0 Å². The van der Waals surface area contributed by atoms with E-state index in [4.69, 9.17) is 10.5 Å². The minimum Gasteiger partial charge on any atom is -0.504 e. The van der Waals surface area contributed by atoms with Crippen LogP contribution in [0.1, 0.15) is 23.7 Å². The average Bonchev–Trinajstić information content (AvgIpc) is 2.18. The van der Waals surface area contributed by atoms with Gasteiger partial charge in [-0.25, -0.2) is 0 Å². The number of methoxy groups -OCH3 is 1. The van der Waals surface area contributed by atoms with E-state index in [1.165, 1.54) is 7.11 Å². The Balaban J connectivity index is 3.09. The lowest BCUT2D eigenvalue weighted by atomic mass is 10.0. The van der Waals surface area contributed by atoms with Crippen LogP contribution in [0.2, 0.25) is 0 Å². The Labute approximate surface area is 89.3 Å². The van der Waals surface area contributed by atoms with Gasteiger partial charge in [0.15, 0.2) is 11.5 Å². The first kappa shape index (κ1) is 11.8. The summed E-state index contributed by atoms with van der Waals surface area (Å²) in [6, 6.07) is 3.49. The number of aryl methyl sites for hydroxylation is 1. The zero-order chi connectivity index (χ0) is 11.4. The number of phenols is 1. The molecule has 1 rings (SSSR count). The number of rotatable bonds is 4.